The first kappa shape index (κ1) is 15.2. The molecule has 2 heterocycles. The van der Waals surface area contributed by atoms with Crippen molar-refractivity contribution in [2.75, 3.05) is 27.4 Å². The Labute approximate surface area is 133 Å². The third kappa shape index (κ3) is 2.80. The quantitative estimate of drug-likeness (QED) is 0.396. The average molecular weight is 312 g/mol. The summed E-state index contributed by atoms with van der Waals surface area (Å²) in [6.45, 7) is 0.866. The predicted molar refractivity (Wildman–Crippen MR) is 86.4 cm³/mol. The van der Waals surface area contributed by atoms with Crippen LogP contribution in [0.3, 0.4) is 0 Å². The van der Waals surface area contributed by atoms with Gasteiger partial charge in [0.2, 0.25) is 0 Å². The SMILES string of the molecule is COCCOc1cc2cccnc2c2nc(C=O)cc(OC)c12. The molecule has 0 unspecified atom stereocenters. The van der Waals surface area contributed by atoms with Gasteiger partial charge in [0.1, 0.15) is 29.3 Å². The van der Waals surface area contributed by atoms with E-state index in [1.807, 2.05) is 18.2 Å². The highest BCUT2D eigenvalue weighted by atomic mass is 16.5. The van der Waals surface area contributed by atoms with E-state index in [0.717, 1.165) is 5.39 Å². The molecule has 6 heteroatoms. The van der Waals surface area contributed by atoms with Crippen LogP contribution < -0.4 is 9.47 Å². The fraction of sp³-hybridized carbons (Fsp3) is 0.235. The lowest BCUT2D eigenvalue weighted by Gasteiger charge is -2.14. The van der Waals surface area contributed by atoms with Crippen molar-refractivity contribution in [2.24, 2.45) is 0 Å². The molecular weight excluding hydrogens is 296 g/mol. The average Bonchev–Trinajstić information content (AvgIpc) is 2.60. The van der Waals surface area contributed by atoms with Gasteiger partial charge in [0.05, 0.1) is 24.6 Å². The lowest BCUT2D eigenvalue weighted by Crippen LogP contribution is -2.05. The van der Waals surface area contributed by atoms with Crippen LogP contribution in [0.2, 0.25) is 0 Å². The molecule has 6 nitrogen and oxygen atoms in total. The van der Waals surface area contributed by atoms with Gasteiger partial charge in [-0.2, -0.15) is 0 Å². The second kappa shape index (κ2) is 6.58. The van der Waals surface area contributed by atoms with Gasteiger partial charge in [0.15, 0.2) is 6.29 Å². The minimum atomic E-state index is 0.287. The second-order valence-electron chi connectivity index (χ2n) is 4.88. The number of pyridine rings is 2. The molecule has 0 N–H and O–H groups in total. The molecule has 0 radical (unpaired) electrons. The van der Waals surface area contributed by atoms with Gasteiger partial charge in [-0.15, -0.1) is 0 Å². The largest absolute Gasteiger partial charge is 0.496 e. The van der Waals surface area contributed by atoms with Gasteiger partial charge < -0.3 is 14.2 Å². The summed E-state index contributed by atoms with van der Waals surface area (Å²) in [5.74, 6) is 1.15. The number of carbonyl (C=O) groups excluding carboxylic acids is 1. The standard InChI is InChI=1S/C17H16N2O4/c1-21-6-7-23-14-8-11-4-3-5-18-16(11)17-15(14)13(22-2)9-12(10-20)19-17/h3-5,8-10H,6-7H2,1-2H3. The molecule has 0 fully saturated rings. The molecule has 0 atom stereocenters. The van der Waals surface area contributed by atoms with Crippen molar-refractivity contribution in [3.63, 3.8) is 0 Å². The summed E-state index contributed by atoms with van der Waals surface area (Å²) in [5.41, 5.74) is 1.57. The van der Waals surface area contributed by atoms with E-state index in [4.69, 9.17) is 14.2 Å². The van der Waals surface area contributed by atoms with E-state index in [1.165, 1.54) is 0 Å². The zero-order chi connectivity index (χ0) is 16.2. The number of hydrogen-bond acceptors (Lipinski definition) is 6. The van der Waals surface area contributed by atoms with Crippen LogP contribution in [0.5, 0.6) is 11.5 Å². The van der Waals surface area contributed by atoms with Gasteiger partial charge in [0, 0.05) is 24.8 Å². The number of carbonyl (C=O) groups is 1. The van der Waals surface area contributed by atoms with Crippen LogP contribution in [0.15, 0.2) is 30.5 Å². The number of ether oxygens (including phenoxy) is 3. The smallest absolute Gasteiger partial charge is 0.168 e. The molecule has 3 rings (SSSR count). The van der Waals surface area contributed by atoms with Crippen molar-refractivity contribution in [2.45, 2.75) is 0 Å². The normalized spacial score (nSPS) is 10.9. The van der Waals surface area contributed by atoms with E-state index in [0.29, 0.717) is 47.4 Å². The highest BCUT2D eigenvalue weighted by Crippen LogP contribution is 2.37. The second-order valence-corrected chi connectivity index (χ2v) is 4.88. The number of hydrogen-bond donors (Lipinski definition) is 0. The van der Waals surface area contributed by atoms with Gasteiger partial charge in [-0.05, 0) is 12.1 Å². The number of nitrogens with zero attached hydrogens (tertiary/aromatic N) is 2. The Morgan fingerprint density at radius 3 is 2.74 bits per heavy atom. The summed E-state index contributed by atoms with van der Waals surface area (Å²) in [6, 6.07) is 7.25. The molecule has 3 aromatic rings. The summed E-state index contributed by atoms with van der Waals surface area (Å²) in [6.07, 6.45) is 2.38. The lowest BCUT2D eigenvalue weighted by atomic mass is 10.1. The monoisotopic (exact) mass is 312 g/mol. The Hall–Kier alpha value is -2.73. The van der Waals surface area contributed by atoms with Crippen molar-refractivity contribution in [1.82, 2.24) is 9.97 Å². The molecule has 0 saturated heterocycles. The first-order chi connectivity index (χ1) is 11.3. The predicted octanol–water partition coefficient (Wildman–Crippen LogP) is 2.63. The number of aldehydes is 1. The molecule has 0 aliphatic carbocycles. The lowest BCUT2D eigenvalue weighted by molar-refractivity contribution is 0.111. The van der Waals surface area contributed by atoms with E-state index < -0.39 is 0 Å². The zero-order valence-corrected chi connectivity index (χ0v) is 12.9. The van der Waals surface area contributed by atoms with E-state index >= 15 is 0 Å². The maximum absolute atomic E-state index is 11.2. The van der Waals surface area contributed by atoms with Gasteiger partial charge in [-0.25, -0.2) is 4.98 Å². The molecule has 0 aliphatic rings. The van der Waals surface area contributed by atoms with Crippen molar-refractivity contribution < 1.29 is 19.0 Å². The molecule has 23 heavy (non-hydrogen) atoms. The molecule has 0 aliphatic heterocycles. The minimum Gasteiger partial charge on any atom is -0.496 e. The molecule has 118 valence electrons. The molecule has 0 spiro atoms. The van der Waals surface area contributed by atoms with Crippen molar-refractivity contribution >= 4 is 28.1 Å². The maximum Gasteiger partial charge on any atom is 0.168 e. The highest BCUT2D eigenvalue weighted by Gasteiger charge is 2.16. The fourth-order valence-corrected chi connectivity index (χ4v) is 2.47. The number of rotatable bonds is 6. The summed E-state index contributed by atoms with van der Waals surface area (Å²) in [5, 5.41) is 1.57. The number of benzene rings is 1. The van der Waals surface area contributed by atoms with Gasteiger partial charge in [-0.3, -0.25) is 9.78 Å². The number of aromatic nitrogens is 2. The molecule has 0 bridgehead atoms. The van der Waals surface area contributed by atoms with Crippen LogP contribution in [-0.4, -0.2) is 43.7 Å². The van der Waals surface area contributed by atoms with E-state index in [9.17, 15) is 4.79 Å². The van der Waals surface area contributed by atoms with Crippen LogP contribution in [0, 0.1) is 0 Å². The van der Waals surface area contributed by atoms with Crippen LogP contribution in [0.25, 0.3) is 21.8 Å². The number of fused-ring (bicyclic) bond motifs is 3. The molecular formula is C17H16N2O4. The fourth-order valence-electron chi connectivity index (χ4n) is 2.47. The molecule has 0 amide bonds. The third-order valence-corrected chi connectivity index (χ3v) is 3.48. The van der Waals surface area contributed by atoms with Crippen LogP contribution in [0.1, 0.15) is 10.5 Å². The number of methoxy groups -OCH3 is 2. The first-order valence-electron chi connectivity index (χ1n) is 7.12. The Balaban J connectivity index is 2.32. The Bertz CT molecular complexity index is 864. The van der Waals surface area contributed by atoms with Crippen molar-refractivity contribution in [3.8, 4) is 11.5 Å². The maximum atomic E-state index is 11.2. The van der Waals surface area contributed by atoms with Gasteiger partial charge in [-0.1, -0.05) is 6.07 Å². The summed E-state index contributed by atoms with van der Waals surface area (Å²) >= 11 is 0. The molecule has 0 saturated carbocycles. The zero-order valence-electron chi connectivity index (χ0n) is 12.9. The van der Waals surface area contributed by atoms with Gasteiger partial charge >= 0.3 is 0 Å². The highest BCUT2D eigenvalue weighted by molar-refractivity contribution is 6.09. The Kier molecular flexibility index (Phi) is 4.34. The van der Waals surface area contributed by atoms with Crippen molar-refractivity contribution in [3.05, 3.63) is 36.2 Å². The minimum absolute atomic E-state index is 0.287. The first-order valence-corrected chi connectivity index (χ1v) is 7.12. The van der Waals surface area contributed by atoms with E-state index in [1.54, 1.807) is 26.5 Å². The van der Waals surface area contributed by atoms with E-state index in [2.05, 4.69) is 9.97 Å². The Morgan fingerprint density at radius 1 is 1.13 bits per heavy atom. The van der Waals surface area contributed by atoms with Gasteiger partial charge in [0.25, 0.3) is 0 Å². The van der Waals surface area contributed by atoms with E-state index in [-0.39, 0.29) is 5.69 Å². The summed E-state index contributed by atoms with van der Waals surface area (Å²) < 4.78 is 16.3. The summed E-state index contributed by atoms with van der Waals surface area (Å²) in [4.78, 5) is 19.9. The van der Waals surface area contributed by atoms with Crippen LogP contribution >= 0.6 is 0 Å². The molecule has 1 aromatic carbocycles. The van der Waals surface area contributed by atoms with Crippen molar-refractivity contribution in [1.29, 1.82) is 0 Å². The Morgan fingerprint density at radius 2 is 2.00 bits per heavy atom. The summed E-state index contributed by atoms with van der Waals surface area (Å²) in [7, 11) is 3.16. The third-order valence-electron chi connectivity index (χ3n) is 3.48. The van der Waals surface area contributed by atoms with Crippen LogP contribution in [0.4, 0.5) is 0 Å². The molecule has 2 aromatic heterocycles. The topological polar surface area (TPSA) is 70.5 Å². The van der Waals surface area contributed by atoms with Crippen LogP contribution in [-0.2, 0) is 4.74 Å².